The predicted molar refractivity (Wildman–Crippen MR) is 137 cm³/mol. The van der Waals surface area contributed by atoms with Gasteiger partial charge < -0.3 is 5.32 Å². The number of thiophene rings is 1. The Hall–Kier alpha value is -2.55. The standard InChI is InChI=1S/C25H29N5OS2/c1-14(2)29-11-10-17-21(13-29)33-25(22(17)24-26-18-8-6-7-9-20(18)32-24)27-23(31)19-12-16(5)28-30(19)15(3)4/h6-9,12,14-15H,10-11,13H2,1-5H3,(H,27,31). The molecule has 8 heteroatoms. The van der Waals surface area contributed by atoms with Crippen LogP contribution in [0.2, 0.25) is 0 Å². The molecule has 0 bridgehead atoms. The molecule has 1 N–H and O–H groups in total. The molecular weight excluding hydrogens is 450 g/mol. The molecule has 1 aromatic carbocycles. The van der Waals surface area contributed by atoms with Crippen molar-refractivity contribution in [2.45, 2.75) is 59.7 Å². The molecule has 0 radical (unpaired) electrons. The fourth-order valence-electron chi connectivity index (χ4n) is 4.40. The van der Waals surface area contributed by atoms with Gasteiger partial charge in [0.2, 0.25) is 0 Å². The van der Waals surface area contributed by atoms with Gasteiger partial charge in [-0.2, -0.15) is 5.10 Å². The number of benzene rings is 1. The van der Waals surface area contributed by atoms with Gasteiger partial charge in [-0.1, -0.05) is 12.1 Å². The van der Waals surface area contributed by atoms with Crippen LogP contribution in [-0.4, -0.2) is 38.2 Å². The van der Waals surface area contributed by atoms with E-state index in [0.717, 1.165) is 51.0 Å². The normalized spacial score (nSPS) is 14.4. The summed E-state index contributed by atoms with van der Waals surface area (Å²) in [6, 6.07) is 10.7. The molecule has 1 aliphatic heterocycles. The molecule has 0 unspecified atom stereocenters. The number of rotatable bonds is 5. The fraction of sp³-hybridized carbons (Fsp3) is 0.400. The van der Waals surface area contributed by atoms with Crippen molar-refractivity contribution in [1.82, 2.24) is 19.7 Å². The number of carbonyl (C=O) groups excluding carboxylic acids is 1. The van der Waals surface area contributed by atoms with E-state index in [1.165, 1.54) is 10.4 Å². The first-order valence-corrected chi connectivity index (χ1v) is 13.1. The molecule has 0 atom stereocenters. The van der Waals surface area contributed by atoms with E-state index >= 15 is 0 Å². The number of aryl methyl sites for hydroxylation is 1. The van der Waals surface area contributed by atoms with Gasteiger partial charge in [0.15, 0.2) is 0 Å². The maximum Gasteiger partial charge on any atom is 0.274 e. The molecule has 4 heterocycles. The maximum atomic E-state index is 13.4. The summed E-state index contributed by atoms with van der Waals surface area (Å²) in [5, 5.41) is 9.64. The predicted octanol–water partition coefficient (Wildman–Crippen LogP) is 6.13. The molecule has 0 spiro atoms. The molecule has 172 valence electrons. The summed E-state index contributed by atoms with van der Waals surface area (Å²) >= 11 is 3.39. The zero-order valence-electron chi connectivity index (χ0n) is 19.7. The molecule has 3 aromatic heterocycles. The van der Waals surface area contributed by atoms with Crippen molar-refractivity contribution in [2.24, 2.45) is 0 Å². The van der Waals surface area contributed by atoms with Crippen LogP contribution in [0.4, 0.5) is 5.00 Å². The fourth-order valence-corrected chi connectivity index (χ4v) is 6.78. The lowest BCUT2D eigenvalue weighted by atomic mass is 10.0. The lowest BCUT2D eigenvalue weighted by molar-refractivity contribution is 0.101. The lowest BCUT2D eigenvalue weighted by Crippen LogP contribution is -2.35. The van der Waals surface area contributed by atoms with Crippen LogP contribution >= 0.6 is 22.7 Å². The van der Waals surface area contributed by atoms with Crippen molar-refractivity contribution in [3.05, 3.63) is 52.2 Å². The number of amides is 1. The Bertz CT molecular complexity index is 1300. The number of fused-ring (bicyclic) bond motifs is 2. The first kappa shape index (κ1) is 22.3. The summed E-state index contributed by atoms with van der Waals surface area (Å²) in [6.07, 6.45) is 0.966. The van der Waals surface area contributed by atoms with Crippen LogP contribution in [-0.2, 0) is 13.0 Å². The zero-order valence-corrected chi connectivity index (χ0v) is 21.3. The third-order valence-electron chi connectivity index (χ3n) is 6.13. The minimum Gasteiger partial charge on any atom is -0.312 e. The minimum atomic E-state index is -0.119. The second kappa shape index (κ2) is 8.66. The van der Waals surface area contributed by atoms with Crippen molar-refractivity contribution in [3.63, 3.8) is 0 Å². The number of para-hydroxylation sites is 1. The second-order valence-corrected chi connectivity index (χ2v) is 11.3. The van der Waals surface area contributed by atoms with E-state index in [0.29, 0.717) is 11.7 Å². The van der Waals surface area contributed by atoms with E-state index in [-0.39, 0.29) is 11.9 Å². The molecule has 4 aromatic rings. The van der Waals surface area contributed by atoms with Gasteiger partial charge in [-0.25, -0.2) is 4.98 Å². The molecule has 0 saturated heterocycles. The average molecular weight is 480 g/mol. The highest BCUT2D eigenvalue weighted by Gasteiger charge is 2.29. The molecule has 33 heavy (non-hydrogen) atoms. The summed E-state index contributed by atoms with van der Waals surface area (Å²) in [7, 11) is 0. The van der Waals surface area contributed by atoms with E-state index in [2.05, 4.69) is 41.3 Å². The quantitative estimate of drug-likeness (QED) is 0.374. The Labute approximate surface area is 202 Å². The van der Waals surface area contributed by atoms with Crippen LogP contribution in [0.5, 0.6) is 0 Å². The third kappa shape index (κ3) is 4.11. The van der Waals surface area contributed by atoms with E-state index in [4.69, 9.17) is 4.98 Å². The first-order chi connectivity index (χ1) is 15.8. The number of hydrogen-bond acceptors (Lipinski definition) is 6. The number of hydrogen-bond donors (Lipinski definition) is 1. The highest BCUT2D eigenvalue weighted by molar-refractivity contribution is 7.23. The molecule has 0 fully saturated rings. The Morgan fingerprint density at radius 3 is 2.64 bits per heavy atom. The number of nitrogens with one attached hydrogen (secondary N) is 1. The topological polar surface area (TPSA) is 63.1 Å². The van der Waals surface area contributed by atoms with Gasteiger partial charge in [-0.15, -0.1) is 22.7 Å². The smallest absolute Gasteiger partial charge is 0.274 e. The molecule has 5 rings (SSSR count). The Morgan fingerprint density at radius 2 is 1.91 bits per heavy atom. The van der Waals surface area contributed by atoms with Gasteiger partial charge in [-0.3, -0.25) is 14.4 Å². The Balaban J connectivity index is 1.59. The van der Waals surface area contributed by atoms with Crippen LogP contribution in [0.3, 0.4) is 0 Å². The van der Waals surface area contributed by atoms with Crippen molar-refractivity contribution in [1.29, 1.82) is 0 Å². The first-order valence-electron chi connectivity index (χ1n) is 11.4. The number of thiazole rings is 1. The van der Waals surface area contributed by atoms with Crippen molar-refractivity contribution >= 4 is 43.8 Å². The second-order valence-electron chi connectivity index (χ2n) is 9.17. The molecule has 0 saturated carbocycles. The summed E-state index contributed by atoms with van der Waals surface area (Å²) in [6.45, 7) is 12.4. The van der Waals surface area contributed by atoms with Crippen LogP contribution in [0, 0.1) is 6.92 Å². The van der Waals surface area contributed by atoms with Crippen LogP contribution in [0.15, 0.2) is 30.3 Å². The van der Waals surface area contributed by atoms with Crippen molar-refractivity contribution in [3.8, 4) is 10.6 Å². The molecule has 1 amide bonds. The van der Waals surface area contributed by atoms with Crippen LogP contribution in [0.1, 0.15) is 60.4 Å². The number of anilines is 1. The minimum absolute atomic E-state index is 0.110. The van der Waals surface area contributed by atoms with Gasteiger partial charge in [0.05, 0.1) is 15.9 Å². The summed E-state index contributed by atoms with van der Waals surface area (Å²) in [4.78, 5) is 22.2. The number of aromatic nitrogens is 3. The largest absolute Gasteiger partial charge is 0.312 e. The van der Waals surface area contributed by atoms with Crippen LogP contribution in [0.25, 0.3) is 20.8 Å². The Kier molecular flexibility index (Phi) is 5.84. The highest BCUT2D eigenvalue weighted by Crippen LogP contribution is 2.46. The summed E-state index contributed by atoms with van der Waals surface area (Å²) < 4.78 is 2.97. The zero-order chi connectivity index (χ0) is 23.3. The van der Waals surface area contributed by atoms with E-state index in [9.17, 15) is 4.79 Å². The highest BCUT2D eigenvalue weighted by atomic mass is 32.1. The van der Waals surface area contributed by atoms with Gasteiger partial charge in [0, 0.05) is 35.6 Å². The lowest BCUT2D eigenvalue weighted by Gasteiger charge is -2.30. The average Bonchev–Trinajstić information content (AvgIpc) is 3.46. The van der Waals surface area contributed by atoms with E-state index < -0.39 is 0 Å². The number of carbonyl (C=O) groups is 1. The summed E-state index contributed by atoms with van der Waals surface area (Å²) in [5.74, 6) is -0.119. The SMILES string of the molecule is Cc1cc(C(=O)Nc2sc3c(c2-c2nc4ccccc4s2)CCN(C(C)C)C3)n(C(C)C)n1. The van der Waals surface area contributed by atoms with E-state index in [1.54, 1.807) is 27.4 Å². The van der Waals surface area contributed by atoms with Crippen molar-refractivity contribution < 1.29 is 4.79 Å². The van der Waals surface area contributed by atoms with Gasteiger partial charge >= 0.3 is 0 Å². The number of nitrogens with zero attached hydrogens (tertiary/aromatic N) is 4. The van der Waals surface area contributed by atoms with Gasteiger partial charge in [0.25, 0.3) is 5.91 Å². The van der Waals surface area contributed by atoms with Crippen LogP contribution < -0.4 is 5.32 Å². The third-order valence-corrected chi connectivity index (χ3v) is 8.32. The molecule has 1 aliphatic rings. The molecule has 6 nitrogen and oxygen atoms in total. The summed E-state index contributed by atoms with van der Waals surface area (Å²) in [5.41, 5.74) is 4.87. The van der Waals surface area contributed by atoms with Crippen molar-refractivity contribution in [2.75, 3.05) is 11.9 Å². The molecular formula is C25H29N5OS2. The molecule has 0 aliphatic carbocycles. The van der Waals surface area contributed by atoms with Gasteiger partial charge in [-0.05, 0) is 64.8 Å². The van der Waals surface area contributed by atoms with E-state index in [1.807, 2.05) is 39.0 Å². The van der Waals surface area contributed by atoms with Gasteiger partial charge in [0.1, 0.15) is 15.7 Å². The Morgan fingerprint density at radius 1 is 1.12 bits per heavy atom. The monoisotopic (exact) mass is 479 g/mol. The maximum absolute atomic E-state index is 13.4.